The Morgan fingerprint density at radius 2 is 1.87 bits per heavy atom. The maximum absolute atomic E-state index is 12.2. The summed E-state index contributed by atoms with van der Waals surface area (Å²) in [6, 6.07) is 11.2. The predicted octanol–water partition coefficient (Wildman–Crippen LogP) is 4.18. The van der Waals surface area contributed by atoms with Crippen LogP contribution in [0.3, 0.4) is 0 Å². The lowest BCUT2D eigenvalue weighted by molar-refractivity contribution is 0.0942. The number of hydrogen-bond donors (Lipinski definition) is 2. The van der Waals surface area contributed by atoms with Gasteiger partial charge in [-0.2, -0.15) is 0 Å². The second-order valence-electron chi connectivity index (χ2n) is 5.85. The molecule has 1 amide bonds. The van der Waals surface area contributed by atoms with E-state index < -0.39 is 0 Å². The lowest BCUT2D eigenvalue weighted by Crippen LogP contribution is -2.36. The van der Waals surface area contributed by atoms with Gasteiger partial charge in [0.25, 0.3) is 5.91 Å². The van der Waals surface area contributed by atoms with E-state index in [1.807, 2.05) is 0 Å². The Hall–Kier alpha value is -2.26. The summed E-state index contributed by atoms with van der Waals surface area (Å²) in [5.41, 5.74) is 12.4. The van der Waals surface area contributed by atoms with Gasteiger partial charge in [0.15, 0.2) is 0 Å². The van der Waals surface area contributed by atoms with E-state index in [4.69, 9.17) is 11.6 Å². The van der Waals surface area contributed by atoms with Gasteiger partial charge in [0, 0.05) is 16.1 Å². The molecule has 1 aliphatic carbocycles. The molecule has 0 aromatic heterocycles. The fourth-order valence-corrected chi connectivity index (χ4v) is 3.08. The molecule has 1 aliphatic rings. The Labute approximate surface area is 141 Å². The summed E-state index contributed by atoms with van der Waals surface area (Å²) in [6.45, 7) is 4.23. The van der Waals surface area contributed by atoms with Crippen LogP contribution >= 0.6 is 11.6 Å². The summed E-state index contributed by atoms with van der Waals surface area (Å²) in [7, 11) is 0. The largest absolute Gasteiger partial charge is 0.298 e. The average molecular weight is 327 g/mol. The van der Waals surface area contributed by atoms with Crippen molar-refractivity contribution in [3.63, 3.8) is 0 Å². The highest BCUT2D eigenvalue weighted by molar-refractivity contribution is 6.30. The Balaban J connectivity index is 1.76. The van der Waals surface area contributed by atoms with E-state index in [2.05, 4.69) is 42.9 Å². The van der Waals surface area contributed by atoms with Crippen LogP contribution in [-0.2, 0) is 6.42 Å². The number of nitrogens with one attached hydrogen (secondary N) is 2. The molecule has 3 nitrogen and oxygen atoms in total. The van der Waals surface area contributed by atoms with Crippen molar-refractivity contribution < 1.29 is 4.79 Å². The first-order valence-electron chi connectivity index (χ1n) is 7.67. The molecule has 0 atom stereocenters. The quantitative estimate of drug-likeness (QED) is 0.831. The molecule has 0 heterocycles. The summed E-state index contributed by atoms with van der Waals surface area (Å²) < 4.78 is 0. The van der Waals surface area contributed by atoms with E-state index in [-0.39, 0.29) is 5.91 Å². The van der Waals surface area contributed by atoms with Gasteiger partial charge in [0.1, 0.15) is 0 Å². The molecule has 0 bridgehead atoms. The molecule has 0 saturated carbocycles. The molecular formula is C19H19ClN2O. The number of carbonyl (C=O) groups excluding carboxylic acids is 1. The first-order valence-corrected chi connectivity index (χ1v) is 8.05. The molecule has 0 unspecified atom stereocenters. The molecule has 3 rings (SSSR count). The van der Waals surface area contributed by atoms with Crippen molar-refractivity contribution >= 4 is 23.2 Å². The summed E-state index contributed by atoms with van der Waals surface area (Å²) in [6.07, 6.45) is 4.14. The van der Waals surface area contributed by atoms with Gasteiger partial charge in [-0.05, 0) is 68.1 Å². The zero-order valence-corrected chi connectivity index (χ0v) is 14.0. The van der Waals surface area contributed by atoms with E-state index >= 15 is 0 Å². The summed E-state index contributed by atoms with van der Waals surface area (Å²) in [5.74, 6) is -0.181. The molecular weight excluding hydrogens is 308 g/mol. The highest BCUT2D eigenvalue weighted by Gasteiger charge is 2.16. The SMILES string of the molecule is Cc1cc(C)c2c(c1)C(NNC(=O)c1ccc(Cl)cc1)=CCC2. The highest BCUT2D eigenvalue weighted by atomic mass is 35.5. The van der Waals surface area contributed by atoms with Crippen molar-refractivity contribution in [3.05, 3.63) is 75.3 Å². The topological polar surface area (TPSA) is 41.1 Å². The van der Waals surface area contributed by atoms with Crippen molar-refractivity contribution in [1.82, 2.24) is 10.9 Å². The van der Waals surface area contributed by atoms with Crippen LogP contribution in [0.25, 0.3) is 5.70 Å². The normalized spacial score (nSPS) is 13.1. The van der Waals surface area contributed by atoms with E-state index in [1.54, 1.807) is 24.3 Å². The average Bonchev–Trinajstić information content (AvgIpc) is 2.53. The van der Waals surface area contributed by atoms with Gasteiger partial charge in [0.2, 0.25) is 0 Å². The van der Waals surface area contributed by atoms with Crippen molar-refractivity contribution in [2.45, 2.75) is 26.7 Å². The summed E-state index contributed by atoms with van der Waals surface area (Å²) >= 11 is 5.84. The number of amides is 1. The van der Waals surface area contributed by atoms with Gasteiger partial charge in [-0.3, -0.25) is 15.6 Å². The predicted molar refractivity (Wildman–Crippen MR) is 94.3 cm³/mol. The van der Waals surface area contributed by atoms with Crippen LogP contribution in [0.2, 0.25) is 5.02 Å². The van der Waals surface area contributed by atoms with Crippen LogP contribution in [0, 0.1) is 13.8 Å². The van der Waals surface area contributed by atoms with Crippen molar-refractivity contribution in [1.29, 1.82) is 0 Å². The van der Waals surface area contributed by atoms with Gasteiger partial charge < -0.3 is 0 Å². The second-order valence-corrected chi connectivity index (χ2v) is 6.29. The summed E-state index contributed by atoms with van der Waals surface area (Å²) in [5, 5.41) is 0.615. The third kappa shape index (κ3) is 3.40. The third-order valence-electron chi connectivity index (χ3n) is 4.07. The minimum Gasteiger partial charge on any atom is -0.298 e. The number of hydrazine groups is 1. The maximum atomic E-state index is 12.2. The molecule has 0 aliphatic heterocycles. The number of allylic oxidation sites excluding steroid dienone is 1. The maximum Gasteiger partial charge on any atom is 0.269 e. The van der Waals surface area contributed by atoms with Crippen LogP contribution < -0.4 is 10.9 Å². The minimum absolute atomic E-state index is 0.181. The number of halogens is 1. The molecule has 0 fully saturated rings. The van der Waals surface area contributed by atoms with Crippen LogP contribution in [0.15, 0.2) is 42.5 Å². The smallest absolute Gasteiger partial charge is 0.269 e. The fourth-order valence-electron chi connectivity index (χ4n) is 2.96. The molecule has 0 saturated heterocycles. The number of hydrogen-bond acceptors (Lipinski definition) is 2. The van der Waals surface area contributed by atoms with E-state index in [0.29, 0.717) is 10.6 Å². The second kappa shape index (κ2) is 6.47. The number of rotatable bonds is 3. The van der Waals surface area contributed by atoms with Crippen molar-refractivity contribution in [2.24, 2.45) is 0 Å². The Bertz CT molecular complexity index is 779. The van der Waals surface area contributed by atoms with Crippen molar-refractivity contribution in [2.75, 3.05) is 0 Å². The number of benzene rings is 2. The zero-order chi connectivity index (χ0) is 16.4. The lowest BCUT2D eigenvalue weighted by atomic mass is 9.89. The Kier molecular flexibility index (Phi) is 4.39. The highest BCUT2D eigenvalue weighted by Crippen LogP contribution is 2.28. The number of carbonyl (C=O) groups is 1. The molecule has 0 radical (unpaired) electrons. The third-order valence-corrected chi connectivity index (χ3v) is 4.32. The molecule has 0 spiro atoms. The molecule has 2 aromatic rings. The molecule has 2 N–H and O–H groups in total. The summed E-state index contributed by atoms with van der Waals surface area (Å²) in [4.78, 5) is 12.2. The first-order chi connectivity index (χ1) is 11.0. The van der Waals surface area contributed by atoms with Crippen molar-refractivity contribution in [3.8, 4) is 0 Å². The zero-order valence-electron chi connectivity index (χ0n) is 13.2. The van der Waals surface area contributed by atoms with Gasteiger partial charge in [-0.25, -0.2) is 0 Å². The van der Waals surface area contributed by atoms with Crippen LogP contribution in [0.1, 0.15) is 39.0 Å². The van der Waals surface area contributed by atoms with E-state index in [1.165, 1.54) is 22.3 Å². The van der Waals surface area contributed by atoms with Crippen LogP contribution in [-0.4, -0.2) is 5.91 Å². The van der Waals surface area contributed by atoms with Gasteiger partial charge in [-0.15, -0.1) is 0 Å². The van der Waals surface area contributed by atoms with Gasteiger partial charge >= 0.3 is 0 Å². The van der Waals surface area contributed by atoms with Crippen LogP contribution in [0.4, 0.5) is 0 Å². The molecule has 2 aromatic carbocycles. The van der Waals surface area contributed by atoms with Gasteiger partial charge in [-0.1, -0.05) is 29.3 Å². The first kappa shape index (κ1) is 15.6. The minimum atomic E-state index is -0.181. The molecule has 4 heteroatoms. The molecule has 23 heavy (non-hydrogen) atoms. The molecule has 118 valence electrons. The Morgan fingerprint density at radius 3 is 2.61 bits per heavy atom. The monoisotopic (exact) mass is 326 g/mol. The van der Waals surface area contributed by atoms with E-state index in [9.17, 15) is 4.79 Å². The van der Waals surface area contributed by atoms with Crippen LogP contribution in [0.5, 0.6) is 0 Å². The van der Waals surface area contributed by atoms with Gasteiger partial charge in [0.05, 0.1) is 5.70 Å². The van der Waals surface area contributed by atoms with E-state index in [0.717, 1.165) is 18.5 Å². The Morgan fingerprint density at radius 1 is 1.13 bits per heavy atom. The number of aryl methyl sites for hydroxylation is 2. The number of fused-ring (bicyclic) bond motifs is 1. The lowest BCUT2D eigenvalue weighted by Gasteiger charge is -2.22. The standard InChI is InChI=1S/C19H19ClN2O/c1-12-10-13(2)16-4-3-5-18(17(16)11-12)21-22-19(23)14-6-8-15(20)9-7-14/h5-11,21H,3-4H2,1-2H3,(H,22,23). The fraction of sp³-hybridized carbons (Fsp3) is 0.211.